The van der Waals surface area contributed by atoms with E-state index in [1.165, 1.54) is 31.2 Å². The molecule has 1 N–H and O–H groups in total. The van der Waals surface area contributed by atoms with Crippen LogP contribution in [0.3, 0.4) is 0 Å². The fourth-order valence-corrected chi connectivity index (χ4v) is 2.37. The van der Waals surface area contributed by atoms with E-state index in [1.807, 2.05) is 24.3 Å². The van der Waals surface area contributed by atoms with Gasteiger partial charge in [-0.25, -0.2) is 0 Å². The van der Waals surface area contributed by atoms with Crippen LogP contribution in [0.2, 0.25) is 0 Å². The number of rotatable bonds is 9. The molecule has 0 bridgehead atoms. The Hall–Kier alpha value is -0.830. The number of alkyl halides is 1. The van der Waals surface area contributed by atoms with Crippen molar-refractivity contribution in [3.05, 3.63) is 29.8 Å². The van der Waals surface area contributed by atoms with Crippen molar-refractivity contribution in [2.24, 2.45) is 0 Å². The maximum absolute atomic E-state index is 11.8. The predicted molar refractivity (Wildman–Crippen MR) is 85.7 cm³/mol. The summed E-state index contributed by atoms with van der Waals surface area (Å²) in [5.41, 5.74) is 2.07. The van der Waals surface area contributed by atoms with Crippen LogP contribution in [0, 0.1) is 0 Å². The van der Waals surface area contributed by atoms with Gasteiger partial charge in [-0.05, 0) is 24.1 Å². The van der Waals surface area contributed by atoms with Crippen molar-refractivity contribution >= 4 is 27.5 Å². The van der Waals surface area contributed by atoms with Crippen molar-refractivity contribution in [3.63, 3.8) is 0 Å². The first kappa shape index (κ1) is 16.2. The Balaban J connectivity index is 2.19. The highest BCUT2D eigenvalue weighted by atomic mass is 79.9. The van der Waals surface area contributed by atoms with Crippen LogP contribution in [0.15, 0.2) is 24.3 Å². The summed E-state index contributed by atoms with van der Waals surface area (Å²) in [6.07, 6.45) is 7.91. The van der Waals surface area contributed by atoms with Crippen molar-refractivity contribution in [2.75, 3.05) is 5.32 Å². The van der Waals surface area contributed by atoms with Gasteiger partial charge in [0.1, 0.15) is 0 Å². The summed E-state index contributed by atoms with van der Waals surface area (Å²) in [6, 6.07) is 7.95. The lowest BCUT2D eigenvalue weighted by Crippen LogP contribution is -2.11. The van der Waals surface area contributed by atoms with Crippen molar-refractivity contribution in [1.82, 2.24) is 0 Å². The molecule has 0 spiro atoms. The summed E-state index contributed by atoms with van der Waals surface area (Å²) >= 11 is 3.42. The number of nitrogens with one attached hydrogen (secondary N) is 1. The highest BCUT2D eigenvalue weighted by molar-refractivity contribution is 9.08. The van der Waals surface area contributed by atoms with Crippen molar-refractivity contribution < 1.29 is 4.79 Å². The number of halogens is 1. The van der Waals surface area contributed by atoms with E-state index in [4.69, 9.17) is 0 Å². The fourth-order valence-electron chi connectivity index (χ4n) is 2.02. The largest absolute Gasteiger partial charge is 0.326 e. The normalized spacial score (nSPS) is 10.4. The first-order valence-electron chi connectivity index (χ1n) is 7.21. The number of hydrogen-bond donors (Lipinski definition) is 1. The van der Waals surface area contributed by atoms with Crippen LogP contribution in [0.1, 0.15) is 57.4 Å². The molecule has 0 unspecified atom stereocenters. The van der Waals surface area contributed by atoms with Gasteiger partial charge in [0, 0.05) is 17.4 Å². The molecule has 1 rings (SSSR count). The third kappa shape index (κ3) is 7.36. The molecule has 2 nitrogen and oxygen atoms in total. The number of benzene rings is 1. The average Bonchev–Trinajstić information content (AvgIpc) is 2.43. The van der Waals surface area contributed by atoms with Gasteiger partial charge in [0.25, 0.3) is 0 Å². The smallest absolute Gasteiger partial charge is 0.224 e. The molecule has 19 heavy (non-hydrogen) atoms. The second-order valence-corrected chi connectivity index (χ2v) is 5.46. The van der Waals surface area contributed by atoms with E-state index in [0.717, 1.165) is 23.9 Å². The molecule has 0 aliphatic heterocycles. The molecule has 0 radical (unpaired) electrons. The Kier molecular flexibility index (Phi) is 8.55. The van der Waals surface area contributed by atoms with Crippen LogP contribution in [-0.4, -0.2) is 5.91 Å². The topological polar surface area (TPSA) is 29.1 Å². The van der Waals surface area contributed by atoms with Crippen LogP contribution in [0.25, 0.3) is 0 Å². The highest BCUT2D eigenvalue weighted by Crippen LogP contribution is 2.14. The summed E-state index contributed by atoms with van der Waals surface area (Å²) in [5.74, 6) is 0.127. The Morgan fingerprint density at radius 2 is 1.89 bits per heavy atom. The van der Waals surface area contributed by atoms with Gasteiger partial charge in [0.2, 0.25) is 5.91 Å². The van der Waals surface area contributed by atoms with Gasteiger partial charge in [0.05, 0.1) is 0 Å². The van der Waals surface area contributed by atoms with E-state index in [9.17, 15) is 4.79 Å². The molecule has 1 amide bonds. The van der Waals surface area contributed by atoms with Crippen molar-refractivity contribution in [3.8, 4) is 0 Å². The van der Waals surface area contributed by atoms with Crippen LogP contribution in [0.4, 0.5) is 5.69 Å². The van der Waals surface area contributed by atoms with Crippen LogP contribution < -0.4 is 5.32 Å². The average molecular weight is 326 g/mol. The van der Waals surface area contributed by atoms with Gasteiger partial charge in [-0.3, -0.25) is 4.79 Å². The van der Waals surface area contributed by atoms with E-state index in [0.29, 0.717) is 6.42 Å². The first-order chi connectivity index (χ1) is 9.26. The molecule has 0 aliphatic carbocycles. The van der Waals surface area contributed by atoms with Crippen LogP contribution in [-0.2, 0) is 10.1 Å². The Labute approximate surface area is 125 Å². The third-order valence-electron chi connectivity index (χ3n) is 3.12. The number of unbranched alkanes of at least 4 members (excludes halogenated alkanes) is 5. The molecule has 0 aliphatic rings. The Morgan fingerprint density at radius 3 is 2.63 bits per heavy atom. The SMILES string of the molecule is CCCCCCCCC(=O)Nc1cccc(CBr)c1. The van der Waals surface area contributed by atoms with E-state index in [-0.39, 0.29) is 5.91 Å². The lowest BCUT2D eigenvalue weighted by molar-refractivity contribution is -0.116. The van der Waals surface area contributed by atoms with Crippen LogP contribution >= 0.6 is 15.9 Å². The van der Waals surface area contributed by atoms with Gasteiger partial charge in [-0.15, -0.1) is 0 Å². The summed E-state index contributed by atoms with van der Waals surface area (Å²) < 4.78 is 0. The molecule has 0 heterocycles. The Bertz CT molecular complexity index is 379. The van der Waals surface area contributed by atoms with Crippen molar-refractivity contribution in [1.29, 1.82) is 0 Å². The number of amides is 1. The molecule has 0 aromatic heterocycles. The van der Waals surface area contributed by atoms with Gasteiger partial charge < -0.3 is 5.32 Å². The molecule has 0 fully saturated rings. The van der Waals surface area contributed by atoms with E-state index in [1.54, 1.807) is 0 Å². The van der Waals surface area contributed by atoms with E-state index in [2.05, 4.69) is 28.2 Å². The third-order valence-corrected chi connectivity index (χ3v) is 3.77. The van der Waals surface area contributed by atoms with Gasteiger partial charge >= 0.3 is 0 Å². The van der Waals surface area contributed by atoms with Crippen molar-refractivity contribution in [2.45, 2.75) is 57.2 Å². The zero-order chi connectivity index (χ0) is 13.9. The minimum Gasteiger partial charge on any atom is -0.326 e. The molecule has 106 valence electrons. The maximum Gasteiger partial charge on any atom is 0.224 e. The molecule has 1 aromatic carbocycles. The summed E-state index contributed by atoms with van der Waals surface area (Å²) in [4.78, 5) is 11.8. The van der Waals surface area contributed by atoms with Gasteiger partial charge in [-0.2, -0.15) is 0 Å². The quantitative estimate of drug-likeness (QED) is 0.486. The summed E-state index contributed by atoms with van der Waals surface area (Å²) in [6.45, 7) is 2.22. The standard InChI is InChI=1S/C16H24BrNO/c1-2-3-4-5-6-7-11-16(19)18-15-10-8-9-14(12-15)13-17/h8-10,12H,2-7,11,13H2,1H3,(H,18,19). The maximum atomic E-state index is 11.8. The zero-order valence-electron chi connectivity index (χ0n) is 11.8. The van der Waals surface area contributed by atoms with E-state index >= 15 is 0 Å². The molecule has 3 heteroatoms. The molecule has 1 aromatic rings. The monoisotopic (exact) mass is 325 g/mol. The van der Waals surface area contributed by atoms with Crippen LogP contribution in [0.5, 0.6) is 0 Å². The Morgan fingerprint density at radius 1 is 1.16 bits per heavy atom. The molecular formula is C16H24BrNO. The molecular weight excluding hydrogens is 302 g/mol. The highest BCUT2D eigenvalue weighted by Gasteiger charge is 2.02. The lowest BCUT2D eigenvalue weighted by atomic mass is 10.1. The second-order valence-electron chi connectivity index (χ2n) is 4.90. The summed E-state index contributed by atoms with van der Waals surface area (Å²) in [7, 11) is 0. The van der Waals surface area contributed by atoms with E-state index < -0.39 is 0 Å². The second kappa shape index (κ2) is 10.0. The first-order valence-corrected chi connectivity index (χ1v) is 8.33. The fraction of sp³-hybridized carbons (Fsp3) is 0.562. The van der Waals surface area contributed by atoms with Gasteiger partial charge in [0.15, 0.2) is 0 Å². The minimum absolute atomic E-state index is 0.127. The number of hydrogen-bond acceptors (Lipinski definition) is 1. The molecule has 0 saturated heterocycles. The zero-order valence-corrected chi connectivity index (χ0v) is 13.3. The predicted octanol–water partition coefficient (Wildman–Crippen LogP) is 5.27. The number of anilines is 1. The number of carbonyl (C=O) groups is 1. The summed E-state index contributed by atoms with van der Waals surface area (Å²) in [5, 5.41) is 3.77. The molecule has 0 saturated carbocycles. The number of carbonyl (C=O) groups excluding carboxylic acids is 1. The lowest BCUT2D eigenvalue weighted by Gasteiger charge is -2.06. The molecule has 0 atom stereocenters. The minimum atomic E-state index is 0.127. The van der Waals surface area contributed by atoms with Gasteiger partial charge in [-0.1, -0.05) is 67.1 Å².